The molecule has 1 amide bonds. The Bertz CT molecular complexity index is 503. The molecule has 1 fully saturated rings. The number of fused-ring (bicyclic) bond motifs is 1. The first-order chi connectivity index (χ1) is 8.56. The lowest BCUT2D eigenvalue weighted by Crippen LogP contribution is -2.46. The van der Waals surface area contributed by atoms with Gasteiger partial charge in [-0.25, -0.2) is 4.79 Å². The minimum absolute atomic E-state index is 0. The number of alkyl carbamates (subject to hydrolysis) is 1. The normalized spacial score (nSPS) is 23.1. The number of ether oxygens (including phenoxy) is 3. The number of nitrogens with one attached hydrogen (secondary N) is 1. The number of cyclic esters (lactones) is 1. The van der Waals surface area contributed by atoms with E-state index in [1.807, 2.05) is 18.2 Å². The fourth-order valence-electron chi connectivity index (χ4n) is 2.32. The predicted molar refractivity (Wildman–Crippen MR) is 70.8 cm³/mol. The number of carbonyl (C=O) groups excluding carboxylic acids is 1. The van der Waals surface area contributed by atoms with Gasteiger partial charge in [-0.15, -0.1) is 12.4 Å². The molecule has 19 heavy (non-hydrogen) atoms. The van der Waals surface area contributed by atoms with E-state index < -0.39 is 0 Å². The van der Waals surface area contributed by atoms with Gasteiger partial charge in [0.15, 0.2) is 11.5 Å². The largest absolute Gasteiger partial charge is 0.454 e. The van der Waals surface area contributed by atoms with Gasteiger partial charge in [0.25, 0.3) is 0 Å². The molecule has 0 spiro atoms. The summed E-state index contributed by atoms with van der Waals surface area (Å²) >= 11 is 0. The lowest BCUT2D eigenvalue weighted by atomic mass is 9.80. The number of benzene rings is 1. The van der Waals surface area contributed by atoms with Crippen molar-refractivity contribution in [2.45, 2.75) is 19.9 Å². The van der Waals surface area contributed by atoms with Crippen molar-refractivity contribution in [3.63, 3.8) is 0 Å². The average Bonchev–Trinajstić information content (AvgIpc) is 2.79. The molecule has 2 heterocycles. The monoisotopic (exact) mass is 285 g/mol. The summed E-state index contributed by atoms with van der Waals surface area (Å²) < 4.78 is 15.7. The van der Waals surface area contributed by atoms with Crippen LogP contribution in [0.25, 0.3) is 0 Å². The third-order valence-electron chi connectivity index (χ3n) is 3.35. The van der Waals surface area contributed by atoms with E-state index in [0.717, 1.165) is 17.1 Å². The average molecular weight is 286 g/mol. The Morgan fingerprint density at radius 3 is 2.74 bits per heavy atom. The third-order valence-corrected chi connectivity index (χ3v) is 3.35. The zero-order valence-corrected chi connectivity index (χ0v) is 11.6. The molecule has 1 atom stereocenters. The topological polar surface area (TPSA) is 56.8 Å². The minimum atomic E-state index is -0.378. The smallest absolute Gasteiger partial charge is 0.407 e. The van der Waals surface area contributed by atoms with Gasteiger partial charge in [0.2, 0.25) is 6.79 Å². The molecule has 5 nitrogen and oxygen atoms in total. The van der Waals surface area contributed by atoms with Gasteiger partial charge < -0.3 is 19.5 Å². The van der Waals surface area contributed by atoms with Gasteiger partial charge in [-0.1, -0.05) is 19.9 Å². The Morgan fingerprint density at radius 1 is 1.21 bits per heavy atom. The van der Waals surface area contributed by atoms with Crippen molar-refractivity contribution in [1.29, 1.82) is 0 Å². The quantitative estimate of drug-likeness (QED) is 0.862. The molecule has 1 aromatic carbocycles. The highest BCUT2D eigenvalue weighted by atomic mass is 35.5. The van der Waals surface area contributed by atoms with E-state index in [2.05, 4.69) is 19.2 Å². The molecule has 1 aromatic rings. The molecule has 6 heteroatoms. The molecule has 0 aromatic heterocycles. The first kappa shape index (κ1) is 13.8. The van der Waals surface area contributed by atoms with E-state index in [-0.39, 0.29) is 36.8 Å². The van der Waals surface area contributed by atoms with Gasteiger partial charge in [-0.2, -0.15) is 0 Å². The van der Waals surface area contributed by atoms with E-state index in [9.17, 15) is 4.79 Å². The molecule has 104 valence electrons. The maximum Gasteiger partial charge on any atom is 0.407 e. The lowest BCUT2D eigenvalue weighted by molar-refractivity contribution is 0.0387. The van der Waals surface area contributed by atoms with Crippen LogP contribution in [0.15, 0.2) is 18.2 Å². The Morgan fingerprint density at radius 2 is 1.95 bits per heavy atom. The molecule has 1 saturated heterocycles. The molecule has 0 unspecified atom stereocenters. The summed E-state index contributed by atoms with van der Waals surface area (Å²) in [6.07, 6.45) is -0.378. The molecule has 0 radical (unpaired) electrons. The third kappa shape index (κ3) is 2.42. The van der Waals surface area contributed by atoms with Crippen LogP contribution in [0.5, 0.6) is 11.5 Å². The van der Waals surface area contributed by atoms with Crippen molar-refractivity contribution < 1.29 is 19.0 Å². The van der Waals surface area contributed by atoms with Gasteiger partial charge >= 0.3 is 6.09 Å². The maximum absolute atomic E-state index is 11.4. The maximum atomic E-state index is 11.4. The zero-order chi connectivity index (χ0) is 12.8. The van der Waals surface area contributed by atoms with E-state index in [4.69, 9.17) is 14.2 Å². The van der Waals surface area contributed by atoms with E-state index >= 15 is 0 Å². The molecule has 1 N–H and O–H groups in total. The Labute approximate surface area is 117 Å². The molecule has 2 aliphatic rings. The van der Waals surface area contributed by atoms with Crippen LogP contribution < -0.4 is 14.8 Å². The summed E-state index contributed by atoms with van der Waals surface area (Å²) in [4.78, 5) is 11.4. The highest BCUT2D eigenvalue weighted by Crippen LogP contribution is 2.40. The summed E-state index contributed by atoms with van der Waals surface area (Å²) in [5, 5.41) is 2.86. The molecule has 0 saturated carbocycles. The van der Waals surface area contributed by atoms with Crippen LogP contribution in [0.1, 0.15) is 25.5 Å². The second kappa shape index (κ2) is 4.81. The molecular formula is C13H16ClNO4. The fourth-order valence-corrected chi connectivity index (χ4v) is 2.32. The summed E-state index contributed by atoms with van der Waals surface area (Å²) in [6, 6.07) is 5.65. The molecule has 3 rings (SSSR count). The summed E-state index contributed by atoms with van der Waals surface area (Å²) in [7, 11) is 0. The minimum Gasteiger partial charge on any atom is -0.454 e. The number of carbonyl (C=O) groups is 1. The van der Waals surface area contributed by atoms with E-state index in [1.165, 1.54) is 0 Å². The van der Waals surface area contributed by atoms with Gasteiger partial charge in [-0.3, -0.25) is 0 Å². The van der Waals surface area contributed by atoms with Crippen molar-refractivity contribution >= 4 is 18.5 Å². The number of hydrogen-bond acceptors (Lipinski definition) is 4. The summed E-state index contributed by atoms with van der Waals surface area (Å²) in [5.41, 5.74) is 0.836. The van der Waals surface area contributed by atoms with Crippen molar-refractivity contribution in [2.24, 2.45) is 5.41 Å². The molecule has 2 aliphatic heterocycles. The van der Waals surface area contributed by atoms with Crippen LogP contribution in [-0.2, 0) is 4.74 Å². The first-order valence-electron chi connectivity index (χ1n) is 5.89. The highest BCUT2D eigenvalue weighted by Gasteiger charge is 2.38. The standard InChI is InChI=1S/C13H15NO4.ClH/c1-13(2)6-16-12(15)14-11(13)8-3-4-9-10(5-8)18-7-17-9;/h3-5,11H,6-7H2,1-2H3,(H,14,15);1H/t11-;/m0./s1. The zero-order valence-electron chi connectivity index (χ0n) is 10.8. The number of rotatable bonds is 1. The molecule has 0 aliphatic carbocycles. The van der Waals surface area contributed by atoms with Crippen molar-refractivity contribution in [1.82, 2.24) is 5.32 Å². The van der Waals surface area contributed by atoms with E-state index in [0.29, 0.717) is 6.61 Å². The summed E-state index contributed by atoms with van der Waals surface area (Å²) in [5.74, 6) is 1.47. The summed E-state index contributed by atoms with van der Waals surface area (Å²) in [6.45, 7) is 4.77. The van der Waals surface area contributed by atoms with Crippen LogP contribution in [0.2, 0.25) is 0 Å². The number of hydrogen-bond donors (Lipinski definition) is 1. The fraction of sp³-hybridized carbons (Fsp3) is 0.462. The van der Waals surface area contributed by atoms with Crippen molar-refractivity contribution in [3.05, 3.63) is 23.8 Å². The van der Waals surface area contributed by atoms with E-state index in [1.54, 1.807) is 0 Å². The Balaban J connectivity index is 0.00000133. The first-order valence-corrected chi connectivity index (χ1v) is 5.89. The van der Waals surface area contributed by atoms with Gasteiger partial charge in [0, 0.05) is 5.41 Å². The van der Waals surface area contributed by atoms with Gasteiger partial charge in [-0.05, 0) is 17.7 Å². The van der Waals surface area contributed by atoms with Crippen molar-refractivity contribution in [2.75, 3.05) is 13.4 Å². The highest BCUT2D eigenvalue weighted by molar-refractivity contribution is 5.85. The second-order valence-electron chi connectivity index (χ2n) is 5.25. The van der Waals surface area contributed by atoms with Crippen molar-refractivity contribution in [3.8, 4) is 11.5 Å². The van der Waals surface area contributed by atoms with Crippen LogP contribution >= 0.6 is 12.4 Å². The predicted octanol–water partition coefficient (Wildman–Crippen LogP) is 2.64. The van der Waals surface area contributed by atoms with Crippen LogP contribution in [-0.4, -0.2) is 19.5 Å². The second-order valence-corrected chi connectivity index (χ2v) is 5.25. The Hall–Kier alpha value is -1.62. The number of halogens is 1. The molecular weight excluding hydrogens is 270 g/mol. The Kier molecular flexibility index (Phi) is 3.49. The number of amides is 1. The van der Waals surface area contributed by atoms with Gasteiger partial charge in [0.05, 0.1) is 6.04 Å². The lowest BCUT2D eigenvalue weighted by Gasteiger charge is -2.38. The van der Waals surface area contributed by atoms with Crippen LogP contribution in [0.3, 0.4) is 0 Å². The molecule has 0 bridgehead atoms. The van der Waals surface area contributed by atoms with Gasteiger partial charge in [0.1, 0.15) is 6.61 Å². The van der Waals surface area contributed by atoms with Crippen LogP contribution in [0, 0.1) is 5.41 Å². The van der Waals surface area contributed by atoms with Crippen LogP contribution in [0.4, 0.5) is 4.79 Å². The SMILES string of the molecule is CC1(C)COC(=O)N[C@H]1c1ccc2c(c1)OCO2.Cl.